The fourth-order valence-corrected chi connectivity index (χ4v) is 1.69. The van der Waals surface area contributed by atoms with E-state index in [2.05, 4.69) is 0 Å². The third kappa shape index (κ3) is 3.55. The fourth-order valence-electron chi connectivity index (χ4n) is 1.69. The molecule has 0 saturated heterocycles. The van der Waals surface area contributed by atoms with Gasteiger partial charge in [-0.15, -0.1) is 0 Å². The number of rotatable bonds is 5. The molecule has 0 heterocycles. The van der Waals surface area contributed by atoms with Gasteiger partial charge in [-0.25, -0.2) is 9.18 Å². The highest BCUT2D eigenvalue weighted by Crippen LogP contribution is 2.13. The maximum absolute atomic E-state index is 13.4. The summed E-state index contributed by atoms with van der Waals surface area (Å²) in [6.45, 7) is 0.413. The molecule has 2 aromatic carbocycles. The first-order valence-electron chi connectivity index (χ1n) is 5.86. The number of ether oxygens (including phenoxy) is 1. The van der Waals surface area contributed by atoms with Crippen LogP contribution in [0.5, 0.6) is 5.75 Å². The number of halogens is 1. The first-order chi connectivity index (χ1) is 9.16. The van der Waals surface area contributed by atoms with Crippen LogP contribution in [0.15, 0.2) is 48.5 Å². The zero-order chi connectivity index (χ0) is 13.7. The minimum absolute atomic E-state index is 0.312. The third-order valence-corrected chi connectivity index (χ3v) is 2.67. The van der Waals surface area contributed by atoms with E-state index in [1.165, 1.54) is 12.1 Å². The van der Waals surface area contributed by atoms with Crippen LogP contribution in [-0.2, 0) is 6.42 Å². The highest BCUT2D eigenvalue weighted by molar-refractivity contribution is 5.87. The summed E-state index contributed by atoms with van der Waals surface area (Å²) in [5.74, 6) is -1.22. The summed E-state index contributed by atoms with van der Waals surface area (Å²) in [4.78, 5) is 10.7. The monoisotopic (exact) mass is 260 g/mol. The number of benzene rings is 2. The molecule has 0 bridgehead atoms. The SMILES string of the molecule is O=C(O)c1ccc(CCOc2ccccc2)cc1F. The van der Waals surface area contributed by atoms with Gasteiger partial charge in [0.25, 0.3) is 0 Å². The Hall–Kier alpha value is -2.36. The number of aromatic carboxylic acids is 1. The lowest BCUT2D eigenvalue weighted by atomic mass is 10.1. The second kappa shape index (κ2) is 6.00. The highest BCUT2D eigenvalue weighted by atomic mass is 19.1. The Balaban J connectivity index is 1.93. The Bertz CT molecular complexity index is 567. The van der Waals surface area contributed by atoms with Crippen molar-refractivity contribution in [3.63, 3.8) is 0 Å². The van der Waals surface area contributed by atoms with Crippen molar-refractivity contribution in [2.75, 3.05) is 6.61 Å². The minimum Gasteiger partial charge on any atom is -0.493 e. The van der Waals surface area contributed by atoms with Crippen molar-refractivity contribution in [3.8, 4) is 5.75 Å². The summed E-state index contributed by atoms with van der Waals surface area (Å²) < 4.78 is 18.9. The molecule has 4 heteroatoms. The zero-order valence-electron chi connectivity index (χ0n) is 10.2. The van der Waals surface area contributed by atoms with Crippen molar-refractivity contribution in [3.05, 3.63) is 65.5 Å². The number of para-hydroxylation sites is 1. The van der Waals surface area contributed by atoms with Gasteiger partial charge in [0.1, 0.15) is 11.6 Å². The van der Waals surface area contributed by atoms with E-state index < -0.39 is 11.8 Å². The van der Waals surface area contributed by atoms with Crippen LogP contribution in [0.3, 0.4) is 0 Å². The van der Waals surface area contributed by atoms with Crippen molar-refractivity contribution in [1.29, 1.82) is 0 Å². The lowest BCUT2D eigenvalue weighted by Crippen LogP contribution is -2.04. The topological polar surface area (TPSA) is 46.5 Å². The largest absolute Gasteiger partial charge is 0.493 e. The summed E-state index contributed by atoms with van der Waals surface area (Å²) in [5.41, 5.74) is 0.395. The maximum Gasteiger partial charge on any atom is 0.338 e. The van der Waals surface area contributed by atoms with E-state index in [0.717, 1.165) is 5.75 Å². The molecule has 19 heavy (non-hydrogen) atoms. The second-order valence-electron chi connectivity index (χ2n) is 4.03. The molecule has 0 aliphatic carbocycles. The Morgan fingerprint density at radius 2 is 1.89 bits per heavy atom. The van der Waals surface area contributed by atoms with Crippen LogP contribution in [0.25, 0.3) is 0 Å². The Morgan fingerprint density at radius 1 is 1.16 bits per heavy atom. The van der Waals surface area contributed by atoms with E-state index in [9.17, 15) is 9.18 Å². The number of hydrogen-bond donors (Lipinski definition) is 1. The van der Waals surface area contributed by atoms with Crippen LogP contribution in [0, 0.1) is 5.82 Å². The molecule has 3 nitrogen and oxygen atoms in total. The summed E-state index contributed by atoms with van der Waals surface area (Å²) in [6, 6.07) is 13.4. The number of hydrogen-bond acceptors (Lipinski definition) is 2. The molecule has 0 saturated carbocycles. The van der Waals surface area contributed by atoms with Gasteiger partial charge in [-0.05, 0) is 29.8 Å². The van der Waals surface area contributed by atoms with Crippen molar-refractivity contribution < 1.29 is 19.0 Å². The van der Waals surface area contributed by atoms with Crippen LogP contribution >= 0.6 is 0 Å². The third-order valence-electron chi connectivity index (χ3n) is 2.67. The van der Waals surface area contributed by atoms with Gasteiger partial charge in [-0.3, -0.25) is 0 Å². The van der Waals surface area contributed by atoms with Crippen LogP contribution in [0.1, 0.15) is 15.9 Å². The van der Waals surface area contributed by atoms with Crippen molar-refractivity contribution in [2.24, 2.45) is 0 Å². The smallest absolute Gasteiger partial charge is 0.338 e. The van der Waals surface area contributed by atoms with Gasteiger partial charge in [-0.2, -0.15) is 0 Å². The molecule has 0 radical (unpaired) electrons. The number of carboxylic acids is 1. The zero-order valence-corrected chi connectivity index (χ0v) is 10.2. The van der Waals surface area contributed by atoms with Crippen LogP contribution in [-0.4, -0.2) is 17.7 Å². The van der Waals surface area contributed by atoms with E-state index in [-0.39, 0.29) is 5.56 Å². The standard InChI is InChI=1S/C15H13FO3/c16-14-10-11(6-7-13(14)15(17)18)8-9-19-12-4-2-1-3-5-12/h1-7,10H,8-9H2,(H,17,18). The quantitative estimate of drug-likeness (QED) is 0.898. The molecule has 0 aliphatic rings. The molecule has 0 fully saturated rings. The molecule has 0 unspecified atom stereocenters. The fraction of sp³-hybridized carbons (Fsp3) is 0.133. The summed E-state index contributed by atoms with van der Waals surface area (Å²) >= 11 is 0. The molecule has 0 spiro atoms. The van der Waals surface area contributed by atoms with Gasteiger partial charge in [0.05, 0.1) is 12.2 Å². The summed E-state index contributed by atoms with van der Waals surface area (Å²) in [6.07, 6.45) is 0.520. The van der Waals surface area contributed by atoms with Gasteiger partial charge in [0.15, 0.2) is 0 Å². The molecular formula is C15H13FO3. The average Bonchev–Trinajstić information content (AvgIpc) is 2.39. The molecule has 98 valence electrons. The molecule has 2 rings (SSSR count). The lowest BCUT2D eigenvalue weighted by Gasteiger charge is -2.06. The van der Waals surface area contributed by atoms with Gasteiger partial charge < -0.3 is 9.84 Å². The van der Waals surface area contributed by atoms with Crippen molar-refractivity contribution >= 4 is 5.97 Å². The van der Waals surface area contributed by atoms with Crippen LogP contribution < -0.4 is 4.74 Å². The Labute approximate surface area is 110 Å². The Morgan fingerprint density at radius 3 is 2.53 bits per heavy atom. The van der Waals surface area contributed by atoms with Crippen LogP contribution in [0.4, 0.5) is 4.39 Å². The first kappa shape index (κ1) is 13.1. The Kier molecular flexibility index (Phi) is 4.13. The molecule has 1 N–H and O–H groups in total. The van der Waals surface area contributed by atoms with E-state index in [1.807, 2.05) is 30.3 Å². The lowest BCUT2D eigenvalue weighted by molar-refractivity contribution is 0.0692. The van der Waals surface area contributed by atoms with E-state index >= 15 is 0 Å². The van der Waals surface area contributed by atoms with E-state index in [0.29, 0.717) is 18.6 Å². The van der Waals surface area contributed by atoms with Gasteiger partial charge in [0, 0.05) is 6.42 Å². The first-order valence-corrected chi connectivity index (χ1v) is 5.86. The number of carbonyl (C=O) groups is 1. The van der Waals surface area contributed by atoms with Crippen molar-refractivity contribution in [2.45, 2.75) is 6.42 Å². The molecule has 0 aromatic heterocycles. The number of carboxylic acid groups (broad SMARTS) is 1. The molecule has 0 aliphatic heterocycles. The summed E-state index contributed by atoms with van der Waals surface area (Å²) in [5, 5.41) is 8.72. The average molecular weight is 260 g/mol. The van der Waals surface area contributed by atoms with E-state index in [4.69, 9.17) is 9.84 Å². The van der Waals surface area contributed by atoms with Crippen molar-refractivity contribution in [1.82, 2.24) is 0 Å². The normalized spacial score (nSPS) is 10.2. The van der Waals surface area contributed by atoms with Gasteiger partial charge in [-0.1, -0.05) is 24.3 Å². The molecular weight excluding hydrogens is 247 g/mol. The minimum atomic E-state index is -1.26. The van der Waals surface area contributed by atoms with Gasteiger partial charge in [0.2, 0.25) is 0 Å². The maximum atomic E-state index is 13.4. The highest BCUT2D eigenvalue weighted by Gasteiger charge is 2.10. The van der Waals surface area contributed by atoms with Crippen LogP contribution in [0.2, 0.25) is 0 Å². The molecule has 0 atom stereocenters. The molecule has 2 aromatic rings. The summed E-state index contributed by atoms with van der Waals surface area (Å²) in [7, 11) is 0. The molecule has 0 amide bonds. The predicted molar refractivity (Wildman–Crippen MR) is 69.0 cm³/mol. The van der Waals surface area contributed by atoms with Gasteiger partial charge >= 0.3 is 5.97 Å². The predicted octanol–water partition coefficient (Wildman–Crippen LogP) is 3.15. The van der Waals surface area contributed by atoms with E-state index in [1.54, 1.807) is 6.07 Å². The second-order valence-corrected chi connectivity index (χ2v) is 4.03.